The van der Waals surface area contributed by atoms with Gasteiger partial charge in [-0.25, -0.2) is 0 Å². The van der Waals surface area contributed by atoms with E-state index in [2.05, 4.69) is 0 Å². The van der Waals surface area contributed by atoms with Gasteiger partial charge in [-0.1, -0.05) is 52.4 Å². The molecule has 1 aliphatic rings. The maximum absolute atomic E-state index is 13.2. The molecule has 0 radical (unpaired) electrons. The molecular formula is C26H26NO5S2+. The summed E-state index contributed by atoms with van der Waals surface area (Å²) in [6, 6.07) is 19.3. The number of nitrogens with zero attached hydrogens (tertiary/aromatic N) is 1. The van der Waals surface area contributed by atoms with Crippen LogP contribution in [0.25, 0.3) is 0 Å². The molecule has 6 nitrogen and oxygen atoms in total. The van der Waals surface area contributed by atoms with Gasteiger partial charge in [0.05, 0.1) is 25.3 Å². The van der Waals surface area contributed by atoms with E-state index in [4.69, 9.17) is 0 Å². The van der Waals surface area contributed by atoms with Crippen LogP contribution in [0, 0.1) is 0 Å². The van der Waals surface area contributed by atoms with Crippen molar-refractivity contribution in [3.05, 3.63) is 89.0 Å². The predicted octanol–water partition coefficient (Wildman–Crippen LogP) is 3.65. The molecule has 3 atom stereocenters. The molecule has 34 heavy (non-hydrogen) atoms. The molecule has 2 N–H and O–H groups in total. The van der Waals surface area contributed by atoms with Gasteiger partial charge in [-0.15, -0.1) is 4.31 Å². The summed E-state index contributed by atoms with van der Waals surface area (Å²) in [7, 11) is -1.97. The number of aliphatic hydroxyl groups is 2. The van der Waals surface area contributed by atoms with Crippen LogP contribution in [0.4, 0.5) is 0 Å². The number of fused-ring (bicyclic) bond motifs is 2. The average Bonchev–Trinajstić information content (AvgIpc) is 2.81. The van der Waals surface area contributed by atoms with E-state index in [1.54, 1.807) is 66.7 Å². The van der Waals surface area contributed by atoms with Crippen molar-refractivity contribution in [2.45, 2.75) is 40.7 Å². The molecule has 0 fully saturated rings. The first-order valence-corrected chi connectivity index (χ1v) is 13.0. The topological polar surface area (TPSA) is 94.9 Å². The number of ketones is 2. The van der Waals surface area contributed by atoms with E-state index < -0.39 is 23.2 Å². The van der Waals surface area contributed by atoms with Crippen LogP contribution >= 0.6 is 11.8 Å². The molecule has 0 heterocycles. The Bertz CT molecular complexity index is 1240. The first-order valence-electron chi connectivity index (χ1n) is 10.9. The Labute approximate surface area is 205 Å². The zero-order valence-electron chi connectivity index (χ0n) is 18.8. The summed E-state index contributed by atoms with van der Waals surface area (Å²) in [5.74, 6) is -0.323. The lowest BCUT2D eigenvalue weighted by Gasteiger charge is -2.20. The van der Waals surface area contributed by atoms with Crippen molar-refractivity contribution in [3.63, 3.8) is 0 Å². The van der Waals surface area contributed by atoms with Gasteiger partial charge in [0.1, 0.15) is 0 Å². The molecule has 0 saturated carbocycles. The van der Waals surface area contributed by atoms with Gasteiger partial charge in [0.2, 0.25) is 0 Å². The number of rotatable bonds is 8. The van der Waals surface area contributed by atoms with Crippen LogP contribution in [0.5, 0.6) is 0 Å². The first kappa shape index (κ1) is 24.5. The first-order chi connectivity index (χ1) is 16.3. The Morgan fingerprint density at radius 2 is 1.35 bits per heavy atom. The third-order valence-electron chi connectivity index (χ3n) is 5.41. The van der Waals surface area contributed by atoms with Crippen molar-refractivity contribution >= 4 is 34.3 Å². The number of carbonyl (C=O) groups excluding carboxylic acids is 2. The van der Waals surface area contributed by atoms with Gasteiger partial charge in [0, 0.05) is 32.0 Å². The fraction of sp³-hybridized carbons (Fsp3) is 0.231. The molecule has 0 bridgehead atoms. The number of hydrogen-bond acceptors (Lipinski definition) is 6. The van der Waals surface area contributed by atoms with Crippen LogP contribution in [0.3, 0.4) is 0 Å². The van der Waals surface area contributed by atoms with Crippen LogP contribution in [0.1, 0.15) is 45.7 Å². The van der Waals surface area contributed by atoms with Crippen molar-refractivity contribution in [1.82, 2.24) is 4.31 Å². The van der Waals surface area contributed by atoms with E-state index in [9.17, 15) is 24.0 Å². The van der Waals surface area contributed by atoms with E-state index in [0.717, 1.165) is 4.90 Å². The largest absolute Gasteiger partial charge is 0.392 e. The molecule has 0 aromatic heterocycles. The molecule has 0 aliphatic heterocycles. The summed E-state index contributed by atoms with van der Waals surface area (Å²) >= 11 is 1.37. The Balaban J connectivity index is 1.59. The highest BCUT2D eigenvalue weighted by Gasteiger charge is 2.31. The SMILES string of the molecule is CC(O)CN(CC(C)O)[SH+](=O)c1ccc(Sc2cccc3c2C(=O)c2ccccc2C3=O)cc1. The minimum atomic E-state index is -1.97. The normalized spacial score (nSPS) is 15.6. The lowest BCUT2D eigenvalue weighted by Crippen LogP contribution is -2.37. The fourth-order valence-electron chi connectivity index (χ4n) is 3.96. The van der Waals surface area contributed by atoms with Crippen LogP contribution in [-0.2, 0) is 15.2 Å². The monoisotopic (exact) mass is 496 g/mol. The molecule has 4 rings (SSSR count). The van der Waals surface area contributed by atoms with Gasteiger partial charge >= 0.3 is 0 Å². The van der Waals surface area contributed by atoms with Gasteiger partial charge < -0.3 is 10.2 Å². The highest BCUT2D eigenvalue weighted by molar-refractivity contribution is 7.99. The van der Waals surface area contributed by atoms with Crippen molar-refractivity contribution in [2.75, 3.05) is 13.1 Å². The second-order valence-corrected chi connectivity index (χ2v) is 11.1. The molecule has 1 aliphatic carbocycles. The van der Waals surface area contributed by atoms with Crippen molar-refractivity contribution in [2.24, 2.45) is 0 Å². The molecule has 176 valence electrons. The Kier molecular flexibility index (Phi) is 7.45. The highest BCUT2D eigenvalue weighted by Crippen LogP contribution is 2.37. The van der Waals surface area contributed by atoms with Gasteiger partial charge in [-0.05, 0) is 44.2 Å². The quantitative estimate of drug-likeness (QED) is 0.286. The standard InChI is InChI=1S/C26H25NO5S2/c1-16(28)14-27(15-17(2)29)34(32)19-12-10-18(11-13-19)33-23-9-5-8-22-24(23)26(31)21-7-4-3-6-20(21)25(22)30/h3-13,16-17,28-29H,14-15H2,1-2H3/p+1. The molecule has 3 aromatic carbocycles. The Morgan fingerprint density at radius 3 is 1.94 bits per heavy atom. The van der Waals surface area contributed by atoms with Crippen molar-refractivity contribution in [1.29, 1.82) is 0 Å². The predicted molar refractivity (Wildman–Crippen MR) is 133 cm³/mol. The smallest absolute Gasteiger partial charge is 0.195 e. The molecule has 0 spiro atoms. The molecule has 0 amide bonds. The maximum atomic E-state index is 13.2. The number of benzene rings is 3. The summed E-state index contributed by atoms with van der Waals surface area (Å²) in [6.07, 6.45) is -1.36. The molecule has 8 heteroatoms. The van der Waals surface area contributed by atoms with Gasteiger partial charge in [-0.3, -0.25) is 9.59 Å². The highest BCUT2D eigenvalue weighted by atomic mass is 32.2. The summed E-state index contributed by atoms with van der Waals surface area (Å²) in [5, 5.41) is 19.5. The van der Waals surface area contributed by atoms with Crippen LogP contribution in [0.15, 0.2) is 81.4 Å². The summed E-state index contributed by atoms with van der Waals surface area (Å²) in [4.78, 5) is 28.3. The van der Waals surface area contributed by atoms with Gasteiger partial charge in [0.25, 0.3) is 0 Å². The third kappa shape index (κ3) is 5.06. The zero-order chi connectivity index (χ0) is 24.4. The van der Waals surface area contributed by atoms with E-state index in [1.165, 1.54) is 11.8 Å². The van der Waals surface area contributed by atoms with Gasteiger partial charge in [0.15, 0.2) is 27.4 Å². The average molecular weight is 497 g/mol. The van der Waals surface area contributed by atoms with Gasteiger partial charge in [-0.2, -0.15) is 0 Å². The number of hydrogen-bond donors (Lipinski definition) is 2. The molecule has 3 unspecified atom stereocenters. The van der Waals surface area contributed by atoms with Crippen molar-refractivity contribution in [3.8, 4) is 0 Å². The van der Waals surface area contributed by atoms with Crippen LogP contribution in [-0.4, -0.2) is 51.4 Å². The number of carbonyl (C=O) groups is 2. The Morgan fingerprint density at radius 1 is 0.794 bits per heavy atom. The van der Waals surface area contributed by atoms with E-state index in [1.807, 2.05) is 18.2 Å². The number of aliphatic hydroxyl groups excluding tert-OH is 2. The molecule has 0 saturated heterocycles. The summed E-state index contributed by atoms with van der Waals surface area (Å²) < 4.78 is 14.6. The Hall–Kier alpha value is -2.62. The van der Waals surface area contributed by atoms with Crippen LogP contribution < -0.4 is 0 Å². The van der Waals surface area contributed by atoms with Crippen molar-refractivity contribution < 1.29 is 24.0 Å². The minimum Gasteiger partial charge on any atom is -0.392 e. The second kappa shape index (κ2) is 10.3. The fourth-order valence-corrected chi connectivity index (χ4v) is 6.44. The molecular weight excluding hydrogens is 470 g/mol. The number of thiol groups is 1. The van der Waals surface area contributed by atoms with E-state index in [-0.39, 0.29) is 24.7 Å². The zero-order valence-corrected chi connectivity index (χ0v) is 20.6. The third-order valence-corrected chi connectivity index (χ3v) is 8.05. The second-order valence-electron chi connectivity index (χ2n) is 8.32. The summed E-state index contributed by atoms with van der Waals surface area (Å²) in [6.45, 7) is 3.60. The lowest BCUT2D eigenvalue weighted by molar-refractivity contribution is 0.0977. The van der Waals surface area contributed by atoms with Crippen LogP contribution in [0.2, 0.25) is 0 Å². The lowest BCUT2D eigenvalue weighted by atomic mass is 9.84. The summed E-state index contributed by atoms with van der Waals surface area (Å²) in [5.41, 5.74) is 1.65. The van der Waals surface area contributed by atoms with E-state index >= 15 is 0 Å². The molecule has 3 aromatic rings. The van der Waals surface area contributed by atoms with E-state index in [0.29, 0.717) is 32.0 Å². The minimum absolute atomic E-state index is 0.156. The maximum Gasteiger partial charge on any atom is 0.195 e.